The predicted octanol–water partition coefficient (Wildman–Crippen LogP) is 3.47. The lowest BCUT2D eigenvalue weighted by molar-refractivity contribution is 0.0953. The summed E-state index contributed by atoms with van der Waals surface area (Å²) in [5, 5.41) is 3.06. The molecule has 4 nitrogen and oxygen atoms in total. The van der Waals surface area contributed by atoms with E-state index in [1.807, 2.05) is 6.07 Å². The number of rotatable bonds is 6. The molecule has 0 saturated carbocycles. The van der Waals surface area contributed by atoms with Crippen molar-refractivity contribution in [1.82, 2.24) is 5.32 Å². The Morgan fingerprint density at radius 1 is 1.22 bits per heavy atom. The van der Waals surface area contributed by atoms with Gasteiger partial charge in [0.2, 0.25) is 0 Å². The molecule has 6 heteroatoms. The van der Waals surface area contributed by atoms with Crippen molar-refractivity contribution in [2.75, 3.05) is 20.8 Å². The zero-order valence-corrected chi connectivity index (χ0v) is 13.6. The van der Waals surface area contributed by atoms with Crippen molar-refractivity contribution in [2.45, 2.75) is 6.42 Å². The fraction of sp³-hybridized carbons (Fsp3) is 0.235. The average molecular weight is 338 g/mol. The molecule has 122 valence electrons. The van der Waals surface area contributed by atoms with Crippen LogP contribution >= 0.6 is 11.6 Å². The quantitative estimate of drug-likeness (QED) is 0.878. The average Bonchev–Trinajstić information content (AvgIpc) is 2.54. The van der Waals surface area contributed by atoms with Crippen molar-refractivity contribution in [3.8, 4) is 11.5 Å². The second-order valence-electron chi connectivity index (χ2n) is 4.83. The van der Waals surface area contributed by atoms with Crippen LogP contribution in [-0.4, -0.2) is 26.7 Å². The Morgan fingerprint density at radius 2 is 2.00 bits per heavy atom. The van der Waals surface area contributed by atoms with Crippen LogP contribution in [0.2, 0.25) is 5.02 Å². The molecule has 2 aromatic carbocycles. The highest BCUT2D eigenvalue weighted by Crippen LogP contribution is 2.35. The summed E-state index contributed by atoms with van der Waals surface area (Å²) in [4.78, 5) is 12.2. The molecule has 0 heterocycles. The van der Waals surface area contributed by atoms with Gasteiger partial charge in [0.1, 0.15) is 5.82 Å². The van der Waals surface area contributed by atoms with E-state index >= 15 is 0 Å². The standard InChI is InChI=1S/C17H17ClFNO3/c1-22-15-10-12(9-14(18)16(15)23-2)17(21)20-7-6-11-4-3-5-13(19)8-11/h3-5,8-10H,6-7H2,1-2H3,(H,20,21). The van der Waals surface area contributed by atoms with Gasteiger partial charge in [0.15, 0.2) is 11.5 Å². The van der Waals surface area contributed by atoms with Crippen LogP contribution in [-0.2, 0) is 6.42 Å². The number of halogens is 2. The van der Waals surface area contributed by atoms with E-state index in [0.29, 0.717) is 35.1 Å². The number of carbonyl (C=O) groups excluding carboxylic acids is 1. The molecule has 23 heavy (non-hydrogen) atoms. The number of amides is 1. The maximum Gasteiger partial charge on any atom is 0.251 e. The molecule has 1 amide bonds. The van der Waals surface area contributed by atoms with Gasteiger partial charge in [-0.25, -0.2) is 4.39 Å². The largest absolute Gasteiger partial charge is 0.493 e. The molecule has 0 aromatic heterocycles. The summed E-state index contributed by atoms with van der Waals surface area (Å²) in [5.41, 5.74) is 1.18. The van der Waals surface area contributed by atoms with Gasteiger partial charge >= 0.3 is 0 Å². The highest BCUT2D eigenvalue weighted by Gasteiger charge is 2.14. The Kier molecular flexibility index (Phi) is 5.82. The van der Waals surface area contributed by atoms with Crippen LogP contribution in [0.25, 0.3) is 0 Å². The van der Waals surface area contributed by atoms with E-state index in [4.69, 9.17) is 21.1 Å². The molecule has 0 aliphatic rings. The maximum atomic E-state index is 13.1. The van der Waals surface area contributed by atoms with E-state index in [0.717, 1.165) is 5.56 Å². The Hall–Kier alpha value is -2.27. The number of nitrogens with one attached hydrogen (secondary N) is 1. The molecule has 2 aromatic rings. The third kappa shape index (κ3) is 4.36. The molecule has 0 fully saturated rings. The number of methoxy groups -OCH3 is 2. The van der Waals surface area contributed by atoms with Crippen molar-refractivity contribution in [1.29, 1.82) is 0 Å². The topological polar surface area (TPSA) is 47.6 Å². The van der Waals surface area contributed by atoms with Gasteiger partial charge in [0.05, 0.1) is 19.2 Å². The molecule has 0 unspecified atom stereocenters. The molecule has 0 radical (unpaired) electrons. The number of ether oxygens (including phenoxy) is 2. The molecule has 0 aliphatic heterocycles. The lowest BCUT2D eigenvalue weighted by Gasteiger charge is -2.12. The minimum absolute atomic E-state index is 0.288. The van der Waals surface area contributed by atoms with Crippen LogP contribution in [0.5, 0.6) is 11.5 Å². The second kappa shape index (κ2) is 7.83. The van der Waals surface area contributed by atoms with Crippen LogP contribution < -0.4 is 14.8 Å². The molecule has 1 N–H and O–H groups in total. The van der Waals surface area contributed by atoms with Gasteiger partial charge in [-0.3, -0.25) is 4.79 Å². The monoisotopic (exact) mass is 337 g/mol. The molecule has 0 atom stereocenters. The smallest absolute Gasteiger partial charge is 0.251 e. The van der Waals surface area contributed by atoms with Gasteiger partial charge in [-0.15, -0.1) is 0 Å². The van der Waals surface area contributed by atoms with E-state index in [1.165, 1.54) is 32.4 Å². The summed E-state index contributed by atoms with van der Waals surface area (Å²) in [6.07, 6.45) is 0.532. The minimum atomic E-state index is -0.291. The van der Waals surface area contributed by atoms with Crippen LogP contribution in [0.15, 0.2) is 36.4 Å². The molecule has 0 bridgehead atoms. The van der Waals surface area contributed by atoms with E-state index in [2.05, 4.69) is 5.32 Å². The first-order valence-electron chi connectivity index (χ1n) is 6.99. The minimum Gasteiger partial charge on any atom is -0.493 e. The molecular weight excluding hydrogens is 321 g/mol. The Morgan fingerprint density at radius 3 is 2.65 bits per heavy atom. The summed E-state index contributed by atoms with van der Waals surface area (Å²) in [6.45, 7) is 0.383. The summed E-state index contributed by atoms with van der Waals surface area (Å²) < 4.78 is 23.4. The van der Waals surface area contributed by atoms with Crippen molar-refractivity contribution < 1.29 is 18.7 Å². The maximum absolute atomic E-state index is 13.1. The highest BCUT2D eigenvalue weighted by molar-refractivity contribution is 6.32. The van der Waals surface area contributed by atoms with E-state index in [-0.39, 0.29) is 11.7 Å². The first-order valence-corrected chi connectivity index (χ1v) is 7.37. The number of benzene rings is 2. The summed E-state index contributed by atoms with van der Waals surface area (Å²) in [5.74, 6) is 0.186. The number of carbonyl (C=O) groups is 1. The first-order chi connectivity index (χ1) is 11.0. The van der Waals surface area contributed by atoms with Gasteiger partial charge in [-0.2, -0.15) is 0 Å². The van der Waals surface area contributed by atoms with E-state index in [1.54, 1.807) is 12.1 Å². The molecule has 0 spiro atoms. The van der Waals surface area contributed by atoms with Crippen LogP contribution in [0.1, 0.15) is 15.9 Å². The van der Waals surface area contributed by atoms with Crippen molar-refractivity contribution in [3.05, 3.63) is 58.4 Å². The molecular formula is C17H17ClFNO3. The van der Waals surface area contributed by atoms with E-state index in [9.17, 15) is 9.18 Å². The van der Waals surface area contributed by atoms with Crippen molar-refractivity contribution >= 4 is 17.5 Å². The summed E-state index contributed by atoms with van der Waals surface area (Å²) in [7, 11) is 2.95. The summed E-state index contributed by atoms with van der Waals surface area (Å²) in [6, 6.07) is 9.35. The molecule has 0 saturated heterocycles. The zero-order chi connectivity index (χ0) is 16.8. The van der Waals surface area contributed by atoms with Gasteiger partial charge in [-0.1, -0.05) is 23.7 Å². The van der Waals surface area contributed by atoms with Gasteiger partial charge in [0.25, 0.3) is 5.91 Å². The Bertz CT molecular complexity index is 706. The van der Waals surface area contributed by atoms with Gasteiger partial charge < -0.3 is 14.8 Å². The van der Waals surface area contributed by atoms with Gasteiger partial charge in [0, 0.05) is 12.1 Å². The third-order valence-corrected chi connectivity index (χ3v) is 3.56. The fourth-order valence-electron chi connectivity index (χ4n) is 2.16. The molecule has 0 aliphatic carbocycles. The molecule has 2 rings (SSSR count). The highest BCUT2D eigenvalue weighted by atomic mass is 35.5. The zero-order valence-electron chi connectivity index (χ0n) is 12.9. The van der Waals surface area contributed by atoms with Crippen LogP contribution in [0.4, 0.5) is 4.39 Å². The van der Waals surface area contributed by atoms with Crippen molar-refractivity contribution in [2.24, 2.45) is 0 Å². The van der Waals surface area contributed by atoms with Gasteiger partial charge in [-0.05, 0) is 36.2 Å². The Balaban J connectivity index is 2.02. The normalized spacial score (nSPS) is 10.3. The fourth-order valence-corrected chi connectivity index (χ4v) is 2.45. The first kappa shape index (κ1) is 17.1. The third-order valence-electron chi connectivity index (χ3n) is 3.28. The van der Waals surface area contributed by atoms with Crippen LogP contribution in [0.3, 0.4) is 0 Å². The summed E-state index contributed by atoms with van der Waals surface area (Å²) >= 11 is 6.08. The SMILES string of the molecule is COc1cc(C(=O)NCCc2cccc(F)c2)cc(Cl)c1OC. The lowest BCUT2D eigenvalue weighted by Crippen LogP contribution is -2.25. The lowest BCUT2D eigenvalue weighted by atomic mass is 10.1. The Labute approximate surface area is 139 Å². The van der Waals surface area contributed by atoms with Crippen LogP contribution in [0, 0.1) is 5.82 Å². The predicted molar refractivity (Wildman–Crippen MR) is 87.0 cm³/mol. The number of hydrogen-bond donors (Lipinski definition) is 1. The van der Waals surface area contributed by atoms with Crippen molar-refractivity contribution in [3.63, 3.8) is 0 Å². The van der Waals surface area contributed by atoms with E-state index < -0.39 is 0 Å². The number of hydrogen-bond acceptors (Lipinski definition) is 3. The second-order valence-corrected chi connectivity index (χ2v) is 5.24.